The largest absolute Gasteiger partial charge is 0.352 e. The molecule has 1 aromatic rings. The summed E-state index contributed by atoms with van der Waals surface area (Å²) in [6, 6.07) is 5.89. The van der Waals surface area contributed by atoms with Crippen LogP contribution in [0.1, 0.15) is 32.3 Å². The van der Waals surface area contributed by atoms with Crippen LogP contribution >= 0.6 is 0 Å². The van der Waals surface area contributed by atoms with Gasteiger partial charge in [0.15, 0.2) is 0 Å². The molecule has 1 aliphatic rings. The Hall–Kier alpha value is -3.07. The van der Waals surface area contributed by atoms with Gasteiger partial charge >= 0.3 is 12.1 Å². The molecule has 6 N–H and O–H groups in total. The van der Waals surface area contributed by atoms with E-state index in [2.05, 4.69) is 28.2 Å². The molecule has 0 saturated heterocycles. The third-order valence-corrected chi connectivity index (χ3v) is 5.31. The number of nitrogens with zero attached hydrogens (tertiary/aromatic N) is 1. The summed E-state index contributed by atoms with van der Waals surface area (Å²) >= 11 is 0. The number of nitrogens with one attached hydrogen (secondary N) is 4. The molecule has 2 atom stereocenters. The van der Waals surface area contributed by atoms with Crippen molar-refractivity contribution < 1.29 is 14.4 Å². The van der Waals surface area contributed by atoms with Crippen LogP contribution in [0, 0.1) is 12.8 Å². The quantitative estimate of drug-likeness (QED) is 0.264. The fourth-order valence-electron chi connectivity index (χ4n) is 3.28. The van der Waals surface area contributed by atoms with Crippen LogP contribution in [0.25, 0.3) is 0 Å². The lowest BCUT2D eigenvalue weighted by atomic mass is 10.0. The minimum Gasteiger partial charge on any atom is -0.352 e. The van der Waals surface area contributed by atoms with Gasteiger partial charge in [0, 0.05) is 37.9 Å². The average molecular weight is 444 g/mol. The Morgan fingerprint density at radius 1 is 1.12 bits per heavy atom. The second kappa shape index (κ2) is 12.7. The Morgan fingerprint density at radius 2 is 1.78 bits per heavy atom. The van der Waals surface area contributed by atoms with Crippen LogP contribution in [0.15, 0.2) is 36.4 Å². The molecule has 0 aliphatic carbocycles. The van der Waals surface area contributed by atoms with E-state index in [1.54, 1.807) is 17.0 Å². The number of carbonyl (C=O) groups is 3. The minimum atomic E-state index is -0.591. The predicted octanol–water partition coefficient (Wildman–Crippen LogP) is 1.82. The molecule has 175 valence electrons. The van der Waals surface area contributed by atoms with Gasteiger partial charge in [-0.1, -0.05) is 38.1 Å². The summed E-state index contributed by atoms with van der Waals surface area (Å²) in [5.74, 6) is -0.00897. The predicted molar refractivity (Wildman–Crippen MR) is 126 cm³/mol. The number of hydrogen-bond donors (Lipinski definition) is 5. The van der Waals surface area contributed by atoms with Crippen LogP contribution in [0.3, 0.4) is 0 Å². The van der Waals surface area contributed by atoms with Crippen LogP contribution < -0.4 is 27.0 Å². The SMILES string of the molecule is [CH2]c1ccc(NC(=O)[C@H](CCCNC(N)=O)NC[C@@H](NC(=O)N2CC=CC2)C(C)C)cc1. The molecule has 2 rings (SSSR count). The molecular formula is C23H35N6O3. The van der Waals surface area contributed by atoms with Gasteiger partial charge in [-0.25, -0.2) is 9.59 Å². The standard InChI is InChI=1S/C23H35N6O3/c1-16(2)20(28-23(32)29-13-4-5-14-29)15-26-19(7-6-12-25-22(24)31)21(30)27-18-10-8-17(3)9-11-18/h4-5,8-11,16,19-20,26H,3,6-7,12-15H2,1-2H3,(H,27,30)(H,28,32)(H3,24,25,31)/t19-,20+/m0/s1. The smallest absolute Gasteiger partial charge is 0.318 e. The molecule has 9 heteroatoms. The monoisotopic (exact) mass is 443 g/mol. The first-order valence-electron chi connectivity index (χ1n) is 11.0. The maximum absolute atomic E-state index is 12.9. The van der Waals surface area contributed by atoms with Gasteiger partial charge in [-0.15, -0.1) is 0 Å². The van der Waals surface area contributed by atoms with E-state index in [0.717, 1.165) is 5.56 Å². The van der Waals surface area contributed by atoms with Crippen LogP contribution in [0.4, 0.5) is 15.3 Å². The molecule has 9 nitrogen and oxygen atoms in total. The van der Waals surface area contributed by atoms with Gasteiger partial charge in [0.05, 0.1) is 6.04 Å². The maximum Gasteiger partial charge on any atom is 0.318 e. The third-order valence-electron chi connectivity index (χ3n) is 5.31. The summed E-state index contributed by atoms with van der Waals surface area (Å²) in [6.07, 6.45) is 4.99. The van der Waals surface area contributed by atoms with E-state index in [9.17, 15) is 14.4 Å². The van der Waals surface area contributed by atoms with E-state index in [1.807, 2.05) is 38.1 Å². The van der Waals surface area contributed by atoms with Crippen LogP contribution in [-0.4, -0.2) is 61.1 Å². The normalized spacial score (nSPS) is 14.8. The van der Waals surface area contributed by atoms with Crippen molar-refractivity contribution in [3.05, 3.63) is 48.9 Å². The van der Waals surface area contributed by atoms with E-state index in [-0.39, 0.29) is 23.9 Å². The van der Waals surface area contributed by atoms with E-state index in [1.165, 1.54) is 0 Å². The Bertz CT molecular complexity index is 785. The van der Waals surface area contributed by atoms with Crippen molar-refractivity contribution in [2.75, 3.05) is 31.5 Å². The molecule has 0 unspecified atom stereocenters. The first-order valence-corrected chi connectivity index (χ1v) is 11.0. The van der Waals surface area contributed by atoms with Gasteiger partial charge in [-0.05, 0) is 43.4 Å². The van der Waals surface area contributed by atoms with Crippen molar-refractivity contribution in [2.45, 2.75) is 38.8 Å². The molecule has 0 spiro atoms. The number of urea groups is 2. The maximum atomic E-state index is 12.9. The number of hydrogen-bond acceptors (Lipinski definition) is 4. The lowest BCUT2D eigenvalue weighted by Crippen LogP contribution is -2.53. The number of rotatable bonds is 11. The number of amides is 5. The fraction of sp³-hybridized carbons (Fsp3) is 0.478. The molecule has 1 heterocycles. The summed E-state index contributed by atoms with van der Waals surface area (Å²) in [5, 5.41) is 11.8. The second-order valence-corrected chi connectivity index (χ2v) is 8.26. The number of primary amides is 1. The van der Waals surface area contributed by atoms with Crippen molar-refractivity contribution in [1.82, 2.24) is 20.9 Å². The summed E-state index contributed by atoms with van der Waals surface area (Å²) in [7, 11) is 0. The zero-order valence-corrected chi connectivity index (χ0v) is 18.9. The Labute approximate surface area is 190 Å². The average Bonchev–Trinajstić information content (AvgIpc) is 3.28. The highest BCUT2D eigenvalue weighted by Gasteiger charge is 2.24. The molecular weight excluding hydrogens is 408 g/mol. The number of carbonyl (C=O) groups excluding carboxylic acids is 3. The van der Waals surface area contributed by atoms with Crippen molar-refractivity contribution in [3.63, 3.8) is 0 Å². The van der Waals surface area contributed by atoms with Crippen LogP contribution in [-0.2, 0) is 4.79 Å². The van der Waals surface area contributed by atoms with Crippen LogP contribution in [0.5, 0.6) is 0 Å². The number of anilines is 1. The van der Waals surface area contributed by atoms with Gasteiger partial charge < -0.3 is 31.9 Å². The Morgan fingerprint density at radius 3 is 2.38 bits per heavy atom. The molecule has 1 radical (unpaired) electrons. The third kappa shape index (κ3) is 8.58. The molecule has 1 aromatic carbocycles. The van der Waals surface area contributed by atoms with Gasteiger partial charge in [0.1, 0.15) is 0 Å². The second-order valence-electron chi connectivity index (χ2n) is 8.26. The van der Waals surface area contributed by atoms with Gasteiger partial charge in [0.2, 0.25) is 5.91 Å². The zero-order chi connectivity index (χ0) is 23.5. The molecule has 0 saturated carbocycles. The lowest BCUT2D eigenvalue weighted by Gasteiger charge is -2.28. The first kappa shape index (κ1) is 25.2. The van der Waals surface area contributed by atoms with Crippen molar-refractivity contribution in [1.29, 1.82) is 0 Å². The summed E-state index contributed by atoms with van der Waals surface area (Å²) < 4.78 is 0. The highest BCUT2D eigenvalue weighted by molar-refractivity contribution is 5.94. The van der Waals surface area contributed by atoms with Crippen molar-refractivity contribution in [2.24, 2.45) is 11.7 Å². The van der Waals surface area contributed by atoms with E-state index in [4.69, 9.17) is 5.73 Å². The zero-order valence-electron chi connectivity index (χ0n) is 18.9. The van der Waals surface area contributed by atoms with E-state index < -0.39 is 12.1 Å². The molecule has 0 fully saturated rings. The summed E-state index contributed by atoms with van der Waals surface area (Å²) in [6.45, 7) is 9.93. The number of benzene rings is 1. The van der Waals surface area contributed by atoms with Gasteiger partial charge in [0.25, 0.3) is 0 Å². The molecule has 1 aliphatic heterocycles. The fourth-order valence-corrected chi connectivity index (χ4v) is 3.28. The molecule has 0 bridgehead atoms. The summed E-state index contributed by atoms with van der Waals surface area (Å²) in [5.41, 5.74) is 6.65. The van der Waals surface area contributed by atoms with Gasteiger partial charge in [-0.2, -0.15) is 0 Å². The Kier molecular flexibility index (Phi) is 10.0. The lowest BCUT2D eigenvalue weighted by molar-refractivity contribution is -0.118. The molecule has 5 amide bonds. The summed E-state index contributed by atoms with van der Waals surface area (Å²) in [4.78, 5) is 38.1. The van der Waals surface area contributed by atoms with Crippen LogP contribution in [0.2, 0.25) is 0 Å². The van der Waals surface area contributed by atoms with E-state index >= 15 is 0 Å². The highest BCUT2D eigenvalue weighted by Crippen LogP contribution is 2.11. The molecule has 32 heavy (non-hydrogen) atoms. The topological polar surface area (TPSA) is 129 Å². The minimum absolute atomic E-state index is 0.115. The highest BCUT2D eigenvalue weighted by atomic mass is 16.2. The Balaban J connectivity index is 1.97. The van der Waals surface area contributed by atoms with Crippen molar-refractivity contribution in [3.8, 4) is 0 Å². The number of nitrogens with two attached hydrogens (primary N) is 1. The van der Waals surface area contributed by atoms with Gasteiger partial charge in [-0.3, -0.25) is 4.79 Å². The van der Waals surface area contributed by atoms with Crippen molar-refractivity contribution >= 4 is 23.7 Å². The first-order chi connectivity index (χ1) is 15.3. The molecule has 0 aromatic heterocycles. The van der Waals surface area contributed by atoms with E-state index in [0.29, 0.717) is 44.7 Å².